The van der Waals surface area contributed by atoms with E-state index in [1.54, 1.807) is 0 Å². The molecular weight excluding hydrogens is 212 g/mol. The third-order valence-corrected chi connectivity index (χ3v) is 3.56. The monoisotopic (exact) mass is 242 g/mol. The van der Waals surface area contributed by atoms with Gasteiger partial charge in [-0.1, -0.05) is 20.3 Å². The van der Waals surface area contributed by atoms with Crippen LogP contribution < -0.4 is 5.32 Å². The van der Waals surface area contributed by atoms with Crippen molar-refractivity contribution in [3.63, 3.8) is 0 Å². The van der Waals surface area contributed by atoms with Crippen LogP contribution in [0, 0.1) is 5.92 Å². The maximum atomic E-state index is 5.58. The first-order valence-corrected chi connectivity index (χ1v) is 7.19. The van der Waals surface area contributed by atoms with Gasteiger partial charge in [0.1, 0.15) is 0 Å². The lowest BCUT2D eigenvalue weighted by Crippen LogP contribution is -2.43. The van der Waals surface area contributed by atoms with Gasteiger partial charge in [-0.15, -0.1) is 0 Å². The van der Waals surface area contributed by atoms with Gasteiger partial charge in [0.15, 0.2) is 0 Å². The van der Waals surface area contributed by atoms with Crippen molar-refractivity contribution in [2.45, 2.75) is 45.6 Å². The minimum Gasteiger partial charge on any atom is -0.380 e. The van der Waals surface area contributed by atoms with Crippen LogP contribution in [-0.2, 0) is 4.74 Å². The Morgan fingerprint density at radius 1 is 1.29 bits per heavy atom. The fourth-order valence-electron chi connectivity index (χ4n) is 2.24. The number of hydrogen-bond donors (Lipinski definition) is 1. The molecule has 0 aromatic rings. The number of ether oxygens (including phenoxy) is 1. The number of likely N-dealkylation sites (tertiary alicyclic amines) is 1. The fraction of sp³-hybridized carbons (Fsp3) is 1.00. The molecular formula is C14H30N2O. The second-order valence-electron chi connectivity index (χ2n) is 5.63. The fourth-order valence-corrected chi connectivity index (χ4v) is 2.24. The predicted molar refractivity (Wildman–Crippen MR) is 73.4 cm³/mol. The second-order valence-corrected chi connectivity index (χ2v) is 5.63. The predicted octanol–water partition coefficient (Wildman–Crippen LogP) is 2.12. The molecule has 1 saturated heterocycles. The summed E-state index contributed by atoms with van der Waals surface area (Å²) in [5, 5.41) is 3.51. The van der Waals surface area contributed by atoms with Crippen LogP contribution in [0.25, 0.3) is 0 Å². The Kier molecular flexibility index (Phi) is 7.82. The molecule has 1 atom stereocenters. The molecule has 0 bridgehead atoms. The lowest BCUT2D eigenvalue weighted by molar-refractivity contribution is 0.121. The van der Waals surface area contributed by atoms with Crippen LogP contribution in [0.1, 0.15) is 39.5 Å². The van der Waals surface area contributed by atoms with Crippen LogP contribution >= 0.6 is 0 Å². The molecule has 1 rings (SSSR count). The Hall–Kier alpha value is -0.120. The zero-order valence-electron chi connectivity index (χ0n) is 11.9. The van der Waals surface area contributed by atoms with Crippen molar-refractivity contribution in [1.29, 1.82) is 0 Å². The Morgan fingerprint density at radius 3 is 2.82 bits per heavy atom. The lowest BCUT2D eigenvalue weighted by atomic mass is 10.0. The van der Waals surface area contributed by atoms with E-state index in [-0.39, 0.29) is 0 Å². The van der Waals surface area contributed by atoms with Crippen molar-refractivity contribution in [2.24, 2.45) is 5.92 Å². The normalized spacial score (nSPS) is 22.2. The van der Waals surface area contributed by atoms with E-state index in [9.17, 15) is 0 Å². The second kappa shape index (κ2) is 8.90. The summed E-state index contributed by atoms with van der Waals surface area (Å²) >= 11 is 0. The van der Waals surface area contributed by atoms with Gasteiger partial charge in [-0.05, 0) is 38.8 Å². The summed E-state index contributed by atoms with van der Waals surface area (Å²) in [5.41, 5.74) is 0. The van der Waals surface area contributed by atoms with Crippen LogP contribution in [0.5, 0.6) is 0 Å². The van der Waals surface area contributed by atoms with E-state index in [0.717, 1.165) is 38.3 Å². The first-order valence-electron chi connectivity index (χ1n) is 7.19. The lowest BCUT2D eigenvalue weighted by Gasteiger charge is -2.32. The molecule has 0 saturated carbocycles. The summed E-state index contributed by atoms with van der Waals surface area (Å²) < 4.78 is 5.58. The Labute approximate surface area is 107 Å². The number of hydrogen-bond acceptors (Lipinski definition) is 3. The third kappa shape index (κ3) is 7.02. The van der Waals surface area contributed by atoms with Gasteiger partial charge in [-0.2, -0.15) is 0 Å². The van der Waals surface area contributed by atoms with Gasteiger partial charge in [-0.25, -0.2) is 0 Å². The summed E-state index contributed by atoms with van der Waals surface area (Å²) in [7, 11) is 2.24. The first kappa shape index (κ1) is 14.9. The summed E-state index contributed by atoms with van der Waals surface area (Å²) in [5.74, 6) is 0.749. The van der Waals surface area contributed by atoms with Crippen LogP contribution in [0.15, 0.2) is 0 Å². The van der Waals surface area contributed by atoms with Crippen molar-refractivity contribution < 1.29 is 4.74 Å². The number of piperidine rings is 1. The van der Waals surface area contributed by atoms with Crippen molar-refractivity contribution in [1.82, 2.24) is 10.2 Å². The van der Waals surface area contributed by atoms with Gasteiger partial charge in [0.25, 0.3) is 0 Å². The van der Waals surface area contributed by atoms with Gasteiger partial charge in [0.05, 0.1) is 6.61 Å². The van der Waals surface area contributed by atoms with E-state index >= 15 is 0 Å². The molecule has 1 fully saturated rings. The molecule has 1 heterocycles. The Bertz CT molecular complexity index is 185. The van der Waals surface area contributed by atoms with Gasteiger partial charge in [0, 0.05) is 25.7 Å². The highest BCUT2D eigenvalue weighted by atomic mass is 16.5. The topological polar surface area (TPSA) is 24.5 Å². The molecule has 0 amide bonds. The minimum atomic E-state index is 0.736. The minimum absolute atomic E-state index is 0.736. The van der Waals surface area contributed by atoms with Crippen molar-refractivity contribution in [2.75, 3.05) is 39.9 Å². The molecule has 1 unspecified atom stereocenters. The molecule has 17 heavy (non-hydrogen) atoms. The third-order valence-electron chi connectivity index (χ3n) is 3.56. The maximum Gasteiger partial charge on any atom is 0.0590 e. The van der Waals surface area contributed by atoms with Crippen LogP contribution in [-0.4, -0.2) is 50.8 Å². The van der Waals surface area contributed by atoms with Crippen LogP contribution in [0.3, 0.4) is 0 Å². The maximum absolute atomic E-state index is 5.58. The molecule has 0 aliphatic carbocycles. The van der Waals surface area contributed by atoms with Gasteiger partial charge in [-0.3, -0.25) is 0 Å². The van der Waals surface area contributed by atoms with Gasteiger partial charge < -0.3 is 15.0 Å². The van der Waals surface area contributed by atoms with E-state index in [0.29, 0.717) is 0 Å². The molecule has 0 aromatic carbocycles. The first-order chi connectivity index (χ1) is 8.20. The van der Waals surface area contributed by atoms with Crippen LogP contribution in [0.4, 0.5) is 0 Å². The van der Waals surface area contributed by atoms with E-state index in [4.69, 9.17) is 4.74 Å². The van der Waals surface area contributed by atoms with E-state index in [1.165, 1.54) is 32.2 Å². The quantitative estimate of drug-likeness (QED) is 0.660. The number of likely N-dealkylation sites (N-methyl/N-ethyl adjacent to an activating group) is 1. The van der Waals surface area contributed by atoms with Crippen molar-refractivity contribution in [3.05, 3.63) is 0 Å². The number of nitrogens with zero attached hydrogens (tertiary/aromatic N) is 1. The van der Waals surface area contributed by atoms with Crippen LogP contribution in [0.2, 0.25) is 0 Å². The van der Waals surface area contributed by atoms with Gasteiger partial charge >= 0.3 is 0 Å². The summed E-state index contributed by atoms with van der Waals surface area (Å²) in [6, 6.07) is 0.736. The summed E-state index contributed by atoms with van der Waals surface area (Å²) in [4.78, 5) is 2.48. The standard InChI is InChI=1S/C14H30N2O/c1-13(2)7-10-17-11-8-15-12-14-6-4-5-9-16(14)3/h13-15H,4-12H2,1-3H3. The molecule has 0 radical (unpaired) electrons. The van der Waals surface area contributed by atoms with E-state index in [2.05, 4.69) is 31.1 Å². The molecule has 0 aromatic heterocycles. The summed E-state index contributed by atoms with van der Waals surface area (Å²) in [6.07, 6.45) is 5.27. The molecule has 1 aliphatic rings. The van der Waals surface area contributed by atoms with E-state index < -0.39 is 0 Å². The number of nitrogens with one attached hydrogen (secondary N) is 1. The summed E-state index contributed by atoms with van der Waals surface area (Å²) in [6.45, 7) is 9.59. The average molecular weight is 242 g/mol. The Balaban J connectivity index is 1.89. The Morgan fingerprint density at radius 2 is 2.12 bits per heavy atom. The van der Waals surface area contributed by atoms with Gasteiger partial charge in [0.2, 0.25) is 0 Å². The molecule has 3 heteroatoms. The zero-order valence-corrected chi connectivity index (χ0v) is 11.9. The highest BCUT2D eigenvalue weighted by molar-refractivity contribution is 4.75. The average Bonchev–Trinajstić information content (AvgIpc) is 2.30. The zero-order chi connectivity index (χ0) is 12.5. The highest BCUT2D eigenvalue weighted by Gasteiger charge is 2.17. The van der Waals surface area contributed by atoms with Crippen molar-refractivity contribution in [3.8, 4) is 0 Å². The highest BCUT2D eigenvalue weighted by Crippen LogP contribution is 2.13. The van der Waals surface area contributed by atoms with E-state index in [1.807, 2.05) is 0 Å². The molecule has 3 nitrogen and oxygen atoms in total. The largest absolute Gasteiger partial charge is 0.380 e. The van der Waals surface area contributed by atoms with Crippen molar-refractivity contribution >= 4 is 0 Å². The molecule has 102 valence electrons. The molecule has 0 spiro atoms. The SMILES string of the molecule is CC(C)CCOCCNCC1CCCCN1C. The molecule has 1 N–H and O–H groups in total. The molecule has 1 aliphatic heterocycles. The smallest absolute Gasteiger partial charge is 0.0590 e. The number of rotatable bonds is 8.